The first-order valence-corrected chi connectivity index (χ1v) is 6.30. The van der Waals surface area contributed by atoms with Crippen LogP contribution in [0, 0.1) is 0 Å². The molecule has 2 amide bonds. The van der Waals surface area contributed by atoms with Crippen LogP contribution in [-0.2, 0) is 9.53 Å². The summed E-state index contributed by atoms with van der Waals surface area (Å²) in [6.45, 7) is -0.824. The standard InChI is InChI=1S/C11H11Cl3N2O3/c12-11(13,14)7-19-10(18)16(9(17)6-15)8-4-2-1-3-5-8/h1-5H,6-7,15H2. The second-order valence-corrected chi connectivity index (χ2v) is 5.95. The monoisotopic (exact) mass is 324 g/mol. The average molecular weight is 326 g/mol. The molecule has 2 N–H and O–H groups in total. The highest BCUT2D eigenvalue weighted by atomic mass is 35.6. The van der Waals surface area contributed by atoms with Gasteiger partial charge in [0.25, 0.3) is 0 Å². The normalized spacial score (nSPS) is 10.9. The van der Waals surface area contributed by atoms with E-state index in [2.05, 4.69) is 0 Å². The summed E-state index contributed by atoms with van der Waals surface area (Å²) in [5.41, 5.74) is 5.58. The van der Waals surface area contributed by atoms with Gasteiger partial charge >= 0.3 is 6.09 Å². The van der Waals surface area contributed by atoms with Gasteiger partial charge in [-0.3, -0.25) is 4.79 Å². The minimum absolute atomic E-state index is 0.326. The molecule has 0 aliphatic rings. The van der Waals surface area contributed by atoms with Gasteiger partial charge in [0.1, 0.15) is 6.61 Å². The lowest BCUT2D eigenvalue weighted by Crippen LogP contribution is -2.42. The Bertz CT molecular complexity index is 448. The summed E-state index contributed by atoms with van der Waals surface area (Å²) in [5, 5.41) is 0. The number of carbonyl (C=O) groups excluding carboxylic acids is 2. The van der Waals surface area contributed by atoms with Crippen LogP contribution in [0.25, 0.3) is 0 Å². The Morgan fingerprint density at radius 2 is 1.79 bits per heavy atom. The topological polar surface area (TPSA) is 72.6 Å². The summed E-state index contributed by atoms with van der Waals surface area (Å²) in [4.78, 5) is 24.3. The number of halogens is 3. The fraction of sp³-hybridized carbons (Fsp3) is 0.273. The number of nitrogens with two attached hydrogens (primary N) is 1. The minimum Gasteiger partial charge on any atom is -0.444 e. The first kappa shape index (κ1) is 16.0. The van der Waals surface area contributed by atoms with Gasteiger partial charge in [-0.1, -0.05) is 53.0 Å². The van der Waals surface area contributed by atoms with Gasteiger partial charge in [0.2, 0.25) is 9.70 Å². The third-order valence-corrected chi connectivity index (χ3v) is 2.31. The summed E-state index contributed by atoms with van der Waals surface area (Å²) in [6, 6.07) is 8.18. The molecule has 0 spiro atoms. The van der Waals surface area contributed by atoms with Crippen molar-refractivity contribution in [3.63, 3.8) is 0 Å². The van der Waals surface area contributed by atoms with Crippen LogP contribution in [0.1, 0.15) is 0 Å². The van der Waals surface area contributed by atoms with E-state index in [-0.39, 0.29) is 6.54 Å². The average Bonchev–Trinajstić information content (AvgIpc) is 2.37. The Labute approximate surface area is 125 Å². The number of benzene rings is 1. The fourth-order valence-electron chi connectivity index (χ4n) is 1.23. The van der Waals surface area contributed by atoms with Gasteiger partial charge in [0, 0.05) is 0 Å². The lowest BCUT2D eigenvalue weighted by atomic mass is 10.3. The zero-order valence-electron chi connectivity index (χ0n) is 9.68. The molecule has 19 heavy (non-hydrogen) atoms. The number of ether oxygens (including phenoxy) is 1. The van der Waals surface area contributed by atoms with E-state index in [0.717, 1.165) is 4.90 Å². The van der Waals surface area contributed by atoms with Crippen molar-refractivity contribution < 1.29 is 14.3 Å². The second kappa shape index (κ2) is 6.96. The lowest BCUT2D eigenvalue weighted by molar-refractivity contribution is -0.116. The maximum absolute atomic E-state index is 11.8. The molecule has 0 saturated heterocycles. The number of hydrogen-bond acceptors (Lipinski definition) is 4. The number of imide groups is 1. The maximum Gasteiger partial charge on any atom is 0.421 e. The molecule has 0 atom stereocenters. The van der Waals surface area contributed by atoms with Crippen molar-refractivity contribution in [2.45, 2.75) is 3.79 Å². The highest BCUT2D eigenvalue weighted by Crippen LogP contribution is 2.26. The van der Waals surface area contributed by atoms with Crippen LogP contribution in [0.5, 0.6) is 0 Å². The number of nitrogens with zero attached hydrogens (tertiary/aromatic N) is 1. The van der Waals surface area contributed by atoms with Crippen LogP contribution in [0.2, 0.25) is 0 Å². The minimum atomic E-state index is -1.75. The zero-order chi connectivity index (χ0) is 14.5. The van der Waals surface area contributed by atoms with E-state index in [9.17, 15) is 9.59 Å². The quantitative estimate of drug-likeness (QED) is 0.867. The molecule has 1 aromatic rings. The van der Waals surface area contributed by atoms with Crippen molar-refractivity contribution >= 4 is 52.5 Å². The maximum atomic E-state index is 11.8. The third-order valence-electron chi connectivity index (χ3n) is 1.98. The zero-order valence-corrected chi connectivity index (χ0v) is 12.0. The summed E-state index contributed by atoms with van der Waals surface area (Å²) in [5.74, 6) is -0.625. The predicted octanol–water partition coefficient (Wildman–Crippen LogP) is 2.49. The number of anilines is 1. The van der Waals surface area contributed by atoms with Crippen molar-refractivity contribution in [2.75, 3.05) is 18.1 Å². The second-order valence-electron chi connectivity index (χ2n) is 3.44. The summed E-state index contributed by atoms with van der Waals surface area (Å²) in [6.07, 6.45) is -0.951. The van der Waals surface area contributed by atoms with Crippen LogP contribution in [0.15, 0.2) is 30.3 Å². The first-order chi connectivity index (χ1) is 8.85. The Hall–Kier alpha value is -1.01. The lowest BCUT2D eigenvalue weighted by Gasteiger charge is -2.21. The molecule has 8 heteroatoms. The number of rotatable bonds is 3. The van der Waals surface area contributed by atoms with Crippen molar-refractivity contribution in [3.8, 4) is 0 Å². The van der Waals surface area contributed by atoms with Crippen LogP contribution >= 0.6 is 34.8 Å². The Morgan fingerprint density at radius 1 is 1.21 bits per heavy atom. The highest BCUT2D eigenvalue weighted by Gasteiger charge is 2.28. The highest BCUT2D eigenvalue weighted by molar-refractivity contribution is 6.67. The molecule has 0 bridgehead atoms. The van der Waals surface area contributed by atoms with Crippen molar-refractivity contribution in [1.82, 2.24) is 0 Å². The number of carbonyl (C=O) groups is 2. The van der Waals surface area contributed by atoms with Crippen LogP contribution in [0.4, 0.5) is 10.5 Å². The number of alkyl halides is 3. The van der Waals surface area contributed by atoms with E-state index in [1.807, 2.05) is 0 Å². The molecule has 104 valence electrons. The van der Waals surface area contributed by atoms with Gasteiger partial charge in [0.05, 0.1) is 12.2 Å². The molecule has 0 heterocycles. The van der Waals surface area contributed by atoms with E-state index in [1.165, 1.54) is 0 Å². The molecule has 1 rings (SSSR count). The van der Waals surface area contributed by atoms with E-state index in [4.69, 9.17) is 45.3 Å². The Kier molecular flexibility index (Phi) is 5.87. The van der Waals surface area contributed by atoms with Crippen LogP contribution < -0.4 is 10.6 Å². The summed E-state index contributed by atoms with van der Waals surface area (Å²) < 4.78 is 3.01. The molecule has 0 aromatic heterocycles. The molecule has 0 radical (unpaired) electrons. The van der Waals surface area contributed by atoms with Gasteiger partial charge < -0.3 is 10.5 Å². The smallest absolute Gasteiger partial charge is 0.421 e. The Morgan fingerprint density at radius 3 is 2.26 bits per heavy atom. The van der Waals surface area contributed by atoms with Gasteiger partial charge in [-0.2, -0.15) is 0 Å². The van der Waals surface area contributed by atoms with E-state index in [1.54, 1.807) is 30.3 Å². The molecule has 0 aliphatic heterocycles. The Balaban J connectivity index is 2.87. The fourth-order valence-corrected chi connectivity index (χ4v) is 1.39. The predicted molar refractivity (Wildman–Crippen MR) is 74.6 cm³/mol. The van der Waals surface area contributed by atoms with Gasteiger partial charge in [-0.05, 0) is 12.1 Å². The first-order valence-electron chi connectivity index (χ1n) is 5.16. The molecule has 5 nitrogen and oxygen atoms in total. The summed E-state index contributed by atoms with van der Waals surface area (Å²) >= 11 is 16.4. The molecule has 1 aromatic carbocycles. The molecule has 0 saturated carbocycles. The largest absolute Gasteiger partial charge is 0.444 e. The van der Waals surface area contributed by atoms with Crippen molar-refractivity contribution in [2.24, 2.45) is 5.73 Å². The van der Waals surface area contributed by atoms with E-state index in [0.29, 0.717) is 5.69 Å². The van der Waals surface area contributed by atoms with Crippen molar-refractivity contribution in [3.05, 3.63) is 30.3 Å². The number of hydrogen-bond donors (Lipinski definition) is 1. The van der Waals surface area contributed by atoms with Gasteiger partial charge in [-0.15, -0.1) is 0 Å². The molecule has 0 fully saturated rings. The number of para-hydroxylation sites is 1. The van der Waals surface area contributed by atoms with E-state index >= 15 is 0 Å². The SMILES string of the molecule is NCC(=O)N(C(=O)OCC(Cl)(Cl)Cl)c1ccccc1. The molecular formula is C11H11Cl3N2O3. The van der Waals surface area contributed by atoms with Gasteiger partial charge in [0.15, 0.2) is 0 Å². The van der Waals surface area contributed by atoms with Crippen molar-refractivity contribution in [1.29, 1.82) is 0 Å². The third kappa shape index (κ3) is 5.24. The summed E-state index contributed by atoms with van der Waals surface area (Å²) in [7, 11) is 0. The number of amides is 2. The molecular weight excluding hydrogens is 314 g/mol. The van der Waals surface area contributed by atoms with Crippen LogP contribution in [-0.4, -0.2) is 28.9 Å². The van der Waals surface area contributed by atoms with Crippen LogP contribution in [0.3, 0.4) is 0 Å². The van der Waals surface area contributed by atoms with Gasteiger partial charge in [-0.25, -0.2) is 9.69 Å². The molecule has 0 aliphatic carbocycles. The molecule has 0 unspecified atom stereocenters. The van der Waals surface area contributed by atoms with E-state index < -0.39 is 22.4 Å².